The van der Waals surface area contributed by atoms with E-state index in [1.54, 1.807) is 13.1 Å². The standard InChI is InChI=1S/C14H22ClN3O/c1-3-4-8-17-14(16-2)18-9-10-19-13-7-5-6-12(15)11-13/h5-7,11H,3-4,8-10H2,1-2H3,(H2,16,17,18). The molecule has 1 aromatic rings. The van der Waals surface area contributed by atoms with E-state index in [9.17, 15) is 0 Å². The van der Waals surface area contributed by atoms with Crippen LogP contribution in [0.2, 0.25) is 5.02 Å². The van der Waals surface area contributed by atoms with Gasteiger partial charge in [-0.15, -0.1) is 0 Å². The Kier molecular flexibility index (Phi) is 7.82. The molecular weight excluding hydrogens is 262 g/mol. The summed E-state index contributed by atoms with van der Waals surface area (Å²) in [4.78, 5) is 4.14. The van der Waals surface area contributed by atoms with Gasteiger partial charge in [0.2, 0.25) is 0 Å². The number of rotatable bonds is 7. The second-order valence-corrected chi connectivity index (χ2v) is 4.52. The van der Waals surface area contributed by atoms with Gasteiger partial charge >= 0.3 is 0 Å². The number of guanidine groups is 1. The fourth-order valence-electron chi connectivity index (χ4n) is 1.50. The fourth-order valence-corrected chi connectivity index (χ4v) is 1.68. The number of halogens is 1. The fraction of sp³-hybridized carbons (Fsp3) is 0.500. The predicted octanol–water partition coefficient (Wildman–Crippen LogP) is 2.68. The number of ether oxygens (including phenoxy) is 1. The van der Waals surface area contributed by atoms with Crippen LogP contribution in [0.25, 0.3) is 0 Å². The molecule has 0 heterocycles. The van der Waals surface area contributed by atoms with Crippen molar-refractivity contribution in [2.24, 2.45) is 4.99 Å². The van der Waals surface area contributed by atoms with Crippen molar-refractivity contribution < 1.29 is 4.74 Å². The van der Waals surface area contributed by atoms with Gasteiger partial charge in [0.05, 0.1) is 6.54 Å². The minimum absolute atomic E-state index is 0.564. The molecule has 4 nitrogen and oxygen atoms in total. The first-order valence-electron chi connectivity index (χ1n) is 6.59. The minimum atomic E-state index is 0.564. The van der Waals surface area contributed by atoms with Crippen molar-refractivity contribution in [2.75, 3.05) is 26.7 Å². The molecule has 0 fully saturated rings. The van der Waals surface area contributed by atoms with Crippen molar-refractivity contribution in [1.29, 1.82) is 0 Å². The van der Waals surface area contributed by atoms with Gasteiger partial charge in [0.1, 0.15) is 12.4 Å². The van der Waals surface area contributed by atoms with E-state index in [1.807, 2.05) is 18.2 Å². The van der Waals surface area contributed by atoms with Gasteiger partial charge in [-0.2, -0.15) is 0 Å². The summed E-state index contributed by atoms with van der Waals surface area (Å²) in [6.45, 7) is 4.36. The Morgan fingerprint density at radius 1 is 1.32 bits per heavy atom. The van der Waals surface area contributed by atoms with Crippen LogP contribution in [0.15, 0.2) is 29.3 Å². The zero-order valence-corrected chi connectivity index (χ0v) is 12.3. The predicted molar refractivity (Wildman–Crippen MR) is 81.2 cm³/mol. The maximum atomic E-state index is 5.88. The quantitative estimate of drug-likeness (QED) is 0.459. The second-order valence-electron chi connectivity index (χ2n) is 4.09. The summed E-state index contributed by atoms with van der Waals surface area (Å²) in [5.41, 5.74) is 0. The van der Waals surface area contributed by atoms with Gasteiger partial charge in [-0.3, -0.25) is 4.99 Å². The summed E-state index contributed by atoms with van der Waals surface area (Å²) in [5, 5.41) is 7.12. The highest BCUT2D eigenvalue weighted by molar-refractivity contribution is 6.30. The highest BCUT2D eigenvalue weighted by atomic mass is 35.5. The van der Waals surface area contributed by atoms with Crippen molar-refractivity contribution in [1.82, 2.24) is 10.6 Å². The molecule has 1 aromatic carbocycles. The van der Waals surface area contributed by atoms with Gasteiger partial charge in [-0.1, -0.05) is 31.0 Å². The Labute approximate surface area is 120 Å². The van der Waals surface area contributed by atoms with Gasteiger partial charge in [0, 0.05) is 18.6 Å². The molecule has 0 aromatic heterocycles. The first-order chi connectivity index (χ1) is 9.26. The Bertz CT molecular complexity index is 396. The zero-order chi connectivity index (χ0) is 13.9. The van der Waals surface area contributed by atoms with Crippen LogP contribution in [0, 0.1) is 0 Å². The third kappa shape index (κ3) is 6.91. The van der Waals surface area contributed by atoms with Crippen LogP contribution >= 0.6 is 11.6 Å². The summed E-state index contributed by atoms with van der Waals surface area (Å²) in [6.07, 6.45) is 2.31. The van der Waals surface area contributed by atoms with Crippen molar-refractivity contribution >= 4 is 17.6 Å². The van der Waals surface area contributed by atoms with Gasteiger partial charge in [-0.05, 0) is 24.6 Å². The van der Waals surface area contributed by atoms with Crippen LogP contribution in [0.3, 0.4) is 0 Å². The van der Waals surface area contributed by atoms with E-state index in [1.165, 1.54) is 6.42 Å². The van der Waals surface area contributed by atoms with Crippen molar-refractivity contribution in [3.63, 3.8) is 0 Å². The summed E-state index contributed by atoms with van der Waals surface area (Å²) >= 11 is 5.88. The van der Waals surface area contributed by atoms with Crippen LogP contribution in [-0.2, 0) is 0 Å². The molecule has 0 radical (unpaired) electrons. The van der Waals surface area contributed by atoms with Crippen molar-refractivity contribution in [3.05, 3.63) is 29.3 Å². The summed E-state index contributed by atoms with van der Waals surface area (Å²) in [7, 11) is 1.76. The molecule has 106 valence electrons. The Morgan fingerprint density at radius 2 is 2.11 bits per heavy atom. The van der Waals surface area contributed by atoms with E-state index in [-0.39, 0.29) is 0 Å². The van der Waals surface area contributed by atoms with E-state index >= 15 is 0 Å². The Balaban J connectivity index is 2.18. The molecule has 0 aliphatic carbocycles. The van der Waals surface area contributed by atoms with Crippen LogP contribution in [0.5, 0.6) is 5.75 Å². The van der Waals surface area contributed by atoms with E-state index < -0.39 is 0 Å². The highest BCUT2D eigenvalue weighted by Gasteiger charge is 1.97. The van der Waals surface area contributed by atoms with E-state index in [2.05, 4.69) is 22.5 Å². The average molecular weight is 284 g/mol. The van der Waals surface area contributed by atoms with Crippen LogP contribution in [-0.4, -0.2) is 32.7 Å². The van der Waals surface area contributed by atoms with E-state index in [0.717, 1.165) is 24.7 Å². The molecule has 0 bridgehead atoms. The largest absolute Gasteiger partial charge is 0.492 e. The third-order valence-corrected chi connectivity index (χ3v) is 2.74. The number of nitrogens with one attached hydrogen (secondary N) is 2. The van der Waals surface area contributed by atoms with E-state index in [4.69, 9.17) is 16.3 Å². The maximum Gasteiger partial charge on any atom is 0.191 e. The molecule has 5 heteroatoms. The lowest BCUT2D eigenvalue weighted by molar-refractivity contribution is 0.322. The maximum absolute atomic E-state index is 5.88. The lowest BCUT2D eigenvalue weighted by atomic mass is 10.3. The second kappa shape index (κ2) is 9.50. The van der Waals surface area contributed by atoms with Crippen LogP contribution in [0.4, 0.5) is 0 Å². The molecule has 0 saturated carbocycles. The smallest absolute Gasteiger partial charge is 0.191 e. The number of hydrogen-bond donors (Lipinski definition) is 2. The first kappa shape index (κ1) is 15.6. The molecule has 19 heavy (non-hydrogen) atoms. The highest BCUT2D eigenvalue weighted by Crippen LogP contribution is 2.16. The Morgan fingerprint density at radius 3 is 2.79 bits per heavy atom. The molecule has 0 spiro atoms. The van der Waals surface area contributed by atoms with Gasteiger partial charge < -0.3 is 15.4 Å². The van der Waals surface area contributed by atoms with Crippen molar-refractivity contribution in [2.45, 2.75) is 19.8 Å². The molecule has 0 aliphatic heterocycles. The summed E-state index contributed by atoms with van der Waals surface area (Å²) < 4.78 is 5.58. The lowest BCUT2D eigenvalue weighted by Gasteiger charge is -2.12. The molecule has 0 atom stereocenters. The van der Waals surface area contributed by atoms with Gasteiger partial charge in [-0.25, -0.2) is 0 Å². The normalized spacial score (nSPS) is 11.2. The number of hydrogen-bond acceptors (Lipinski definition) is 2. The lowest BCUT2D eigenvalue weighted by Crippen LogP contribution is -2.39. The van der Waals surface area contributed by atoms with Gasteiger partial charge in [0.15, 0.2) is 5.96 Å². The van der Waals surface area contributed by atoms with Crippen molar-refractivity contribution in [3.8, 4) is 5.75 Å². The minimum Gasteiger partial charge on any atom is -0.492 e. The van der Waals surface area contributed by atoms with Crippen LogP contribution < -0.4 is 15.4 Å². The number of benzene rings is 1. The SMILES string of the molecule is CCCCNC(=NC)NCCOc1cccc(Cl)c1. The number of nitrogens with zero attached hydrogens (tertiary/aromatic N) is 1. The van der Waals surface area contributed by atoms with Gasteiger partial charge in [0.25, 0.3) is 0 Å². The summed E-state index contributed by atoms with van der Waals surface area (Å²) in [5.74, 6) is 1.59. The zero-order valence-electron chi connectivity index (χ0n) is 11.6. The summed E-state index contributed by atoms with van der Waals surface area (Å²) in [6, 6.07) is 7.39. The number of unbranched alkanes of at least 4 members (excludes halogenated alkanes) is 1. The average Bonchev–Trinajstić information content (AvgIpc) is 2.41. The molecule has 1 rings (SSSR count). The molecule has 2 N–H and O–H groups in total. The molecule has 0 aliphatic rings. The number of aliphatic imine (C=N–C) groups is 1. The molecule has 0 amide bonds. The molecular formula is C14H22ClN3O. The molecule has 0 saturated heterocycles. The first-order valence-corrected chi connectivity index (χ1v) is 6.97. The van der Waals surface area contributed by atoms with E-state index in [0.29, 0.717) is 18.2 Å². The monoisotopic (exact) mass is 283 g/mol. The third-order valence-electron chi connectivity index (χ3n) is 2.51. The van der Waals surface area contributed by atoms with Crippen LogP contribution in [0.1, 0.15) is 19.8 Å². The Hall–Kier alpha value is -1.42. The topological polar surface area (TPSA) is 45.7 Å². The molecule has 0 unspecified atom stereocenters.